The number of Topliss-reactive ketones (excluding diaryl/α,β-unsaturated/α-hetero) is 1. The van der Waals surface area contributed by atoms with Crippen LogP contribution in [0.5, 0.6) is 0 Å². The van der Waals surface area contributed by atoms with Gasteiger partial charge in [0.05, 0.1) is 11.3 Å². The van der Waals surface area contributed by atoms with Crippen LogP contribution in [0.2, 0.25) is 0 Å². The van der Waals surface area contributed by atoms with Crippen molar-refractivity contribution in [3.8, 4) is 0 Å². The summed E-state index contributed by atoms with van der Waals surface area (Å²) in [5, 5.41) is 0. The Morgan fingerprint density at radius 1 is 0.879 bits per heavy atom. The fourth-order valence-corrected chi connectivity index (χ4v) is 4.97. The lowest BCUT2D eigenvalue weighted by molar-refractivity contribution is -0.117. The number of fused-ring (bicyclic) bond motifs is 3. The van der Waals surface area contributed by atoms with E-state index in [2.05, 4.69) is 0 Å². The number of hydrogen-bond acceptors (Lipinski definition) is 4. The maximum Gasteiger partial charge on any atom is 0.332 e. The zero-order chi connectivity index (χ0) is 23.4. The molecular weight excluding hydrogens is 418 g/mol. The van der Waals surface area contributed by atoms with Crippen molar-refractivity contribution in [3.63, 3.8) is 0 Å². The van der Waals surface area contributed by atoms with E-state index >= 15 is 0 Å². The number of rotatable bonds is 3. The second kappa shape index (κ2) is 7.55. The van der Waals surface area contributed by atoms with Gasteiger partial charge in [0, 0.05) is 43.1 Å². The van der Waals surface area contributed by atoms with Gasteiger partial charge < -0.3 is 0 Å². The number of carbonyl (C=O) groups is 2. The predicted octanol–water partition coefficient (Wildman–Crippen LogP) is 2.97. The van der Waals surface area contributed by atoms with Gasteiger partial charge in [0.25, 0.3) is 5.56 Å². The van der Waals surface area contributed by atoms with Gasteiger partial charge >= 0.3 is 5.69 Å². The highest BCUT2D eigenvalue weighted by Crippen LogP contribution is 2.50. The van der Waals surface area contributed by atoms with Gasteiger partial charge in [-0.3, -0.25) is 28.4 Å². The Labute approximate surface area is 190 Å². The molecule has 0 saturated heterocycles. The van der Waals surface area contributed by atoms with Crippen molar-refractivity contribution in [1.82, 2.24) is 9.13 Å². The Morgan fingerprint density at radius 3 is 2.18 bits per heavy atom. The number of nitrogens with zero attached hydrogens (tertiary/aromatic N) is 3. The van der Waals surface area contributed by atoms with E-state index in [1.54, 1.807) is 19.2 Å². The standard InChI is InChI=1S/C26H23N3O4/c1-4-10-18(30)29-22-16-13-8-9-14-17(16)23(31)20(22)19(15-11-6-5-7-12-15)21-24(29)27(2)26(33)28(3)25(21)32/h5-9,11-14,19H,4,10H2,1-3H3. The lowest BCUT2D eigenvalue weighted by Crippen LogP contribution is -2.47. The van der Waals surface area contributed by atoms with E-state index < -0.39 is 17.2 Å². The molecule has 1 amide bonds. The Balaban J connectivity index is 1.97. The van der Waals surface area contributed by atoms with E-state index in [1.807, 2.05) is 49.4 Å². The van der Waals surface area contributed by atoms with Gasteiger partial charge in [0.2, 0.25) is 5.91 Å². The molecule has 3 aromatic rings. The monoisotopic (exact) mass is 441 g/mol. The van der Waals surface area contributed by atoms with Gasteiger partial charge in [0.1, 0.15) is 5.82 Å². The maximum atomic E-state index is 13.7. The molecule has 2 aliphatic rings. The molecule has 1 unspecified atom stereocenters. The molecule has 1 aliphatic heterocycles. The number of carbonyl (C=O) groups excluding carboxylic acids is 2. The zero-order valence-electron chi connectivity index (χ0n) is 18.7. The van der Waals surface area contributed by atoms with E-state index in [0.717, 1.165) is 10.1 Å². The van der Waals surface area contributed by atoms with E-state index in [9.17, 15) is 19.2 Å². The molecule has 0 radical (unpaired) electrons. The van der Waals surface area contributed by atoms with Crippen molar-refractivity contribution in [3.05, 3.63) is 103 Å². The van der Waals surface area contributed by atoms with Crippen LogP contribution in [0.1, 0.15) is 52.7 Å². The molecule has 7 heteroatoms. The molecule has 0 fully saturated rings. The summed E-state index contributed by atoms with van der Waals surface area (Å²) in [5.41, 5.74) is 1.98. The molecule has 0 saturated carbocycles. The van der Waals surface area contributed by atoms with Gasteiger partial charge in [-0.2, -0.15) is 0 Å². The number of ketones is 1. The average Bonchev–Trinajstić information content (AvgIpc) is 3.13. The molecule has 0 N–H and O–H groups in total. The van der Waals surface area contributed by atoms with Crippen molar-refractivity contribution in [2.45, 2.75) is 25.7 Å². The second-order valence-corrected chi connectivity index (χ2v) is 8.40. The summed E-state index contributed by atoms with van der Waals surface area (Å²) in [6.07, 6.45) is 0.801. The Morgan fingerprint density at radius 2 is 1.52 bits per heavy atom. The highest BCUT2D eigenvalue weighted by Gasteiger charge is 2.47. The van der Waals surface area contributed by atoms with Crippen LogP contribution in [0.3, 0.4) is 0 Å². The molecule has 0 spiro atoms. The minimum atomic E-state index is -0.702. The third kappa shape index (κ3) is 2.81. The summed E-state index contributed by atoms with van der Waals surface area (Å²) < 4.78 is 2.38. The molecule has 2 heterocycles. The summed E-state index contributed by atoms with van der Waals surface area (Å²) in [6.45, 7) is 1.89. The molecule has 1 aromatic heterocycles. The Bertz CT molecular complexity index is 1480. The van der Waals surface area contributed by atoms with Crippen molar-refractivity contribution in [2.24, 2.45) is 14.1 Å². The highest BCUT2D eigenvalue weighted by molar-refractivity contribution is 6.27. The summed E-state index contributed by atoms with van der Waals surface area (Å²) >= 11 is 0. The van der Waals surface area contributed by atoms with Crippen molar-refractivity contribution >= 4 is 23.2 Å². The van der Waals surface area contributed by atoms with E-state index in [1.165, 1.54) is 16.5 Å². The Hall–Kier alpha value is -4.00. The molecule has 5 rings (SSSR count). The topological polar surface area (TPSA) is 81.4 Å². The molecule has 1 aliphatic carbocycles. The molecule has 166 valence electrons. The van der Waals surface area contributed by atoms with E-state index in [4.69, 9.17) is 0 Å². The van der Waals surface area contributed by atoms with Gasteiger partial charge in [-0.1, -0.05) is 61.5 Å². The molecule has 33 heavy (non-hydrogen) atoms. The largest absolute Gasteiger partial charge is 0.332 e. The number of hydrogen-bond donors (Lipinski definition) is 0. The maximum absolute atomic E-state index is 13.7. The van der Waals surface area contributed by atoms with Crippen LogP contribution in [-0.2, 0) is 18.9 Å². The van der Waals surface area contributed by atoms with Crippen LogP contribution in [0.15, 0.2) is 69.8 Å². The minimum absolute atomic E-state index is 0.203. The van der Waals surface area contributed by atoms with Gasteiger partial charge in [-0.15, -0.1) is 0 Å². The SMILES string of the molecule is CCCC(=O)N1C2=C(C(=O)c3ccccc32)C(c2ccccc2)c2c1n(C)c(=O)n(C)c2=O. The van der Waals surface area contributed by atoms with E-state index in [0.29, 0.717) is 28.8 Å². The van der Waals surface area contributed by atoms with Gasteiger partial charge in [0.15, 0.2) is 5.78 Å². The minimum Gasteiger partial charge on any atom is -0.289 e. The number of anilines is 1. The van der Waals surface area contributed by atoms with Crippen LogP contribution < -0.4 is 16.1 Å². The first-order valence-corrected chi connectivity index (χ1v) is 10.9. The lowest BCUT2D eigenvalue weighted by Gasteiger charge is -2.36. The highest BCUT2D eigenvalue weighted by atomic mass is 16.2. The third-order valence-corrected chi connectivity index (χ3v) is 6.45. The van der Waals surface area contributed by atoms with Gasteiger partial charge in [-0.05, 0) is 12.0 Å². The normalized spacial score (nSPS) is 16.5. The molecule has 1 atom stereocenters. The molecule has 7 nitrogen and oxygen atoms in total. The number of allylic oxidation sites excluding steroid dienone is 1. The van der Waals surface area contributed by atoms with Crippen molar-refractivity contribution < 1.29 is 9.59 Å². The van der Waals surface area contributed by atoms with Crippen molar-refractivity contribution in [2.75, 3.05) is 4.90 Å². The number of amides is 1. The first kappa shape index (κ1) is 20.9. The van der Waals surface area contributed by atoms with E-state index in [-0.39, 0.29) is 29.5 Å². The predicted molar refractivity (Wildman–Crippen MR) is 125 cm³/mol. The Kier molecular flexibility index (Phi) is 4.78. The first-order valence-electron chi connectivity index (χ1n) is 10.9. The molecular formula is C26H23N3O4. The van der Waals surface area contributed by atoms with Crippen molar-refractivity contribution in [1.29, 1.82) is 0 Å². The van der Waals surface area contributed by atoms with Crippen LogP contribution in [0.25, 0.3) is 5.70 Å². The molecule has 0 bridgehead atoms. The average molecular weight is 441 g/mol. The van der Waals surface area contributed by atoms with Crippen LogP contribution in [0.4, 0.5) is 5.82 Å². The van der Waals surface area contributed by atoms with Crippen LogP contribution in [-0.4, -0.2) is 20.8 Å². The number of benzene rings is 2. The second-order valence-electron chi connectivity index (χ2n) is 8.40. The third-order valence-electron chi connectivity index (χ3n) is 6.45. The quantitative estimate of drug-likeness (QED) is 0.626. The summed E-state index contributed by atoms with van der Waals surface area (Å²) in [5.74, 6) is -0.929. The summed E-state index contributed by atoms with van der Waals surface area (Å²) in [7, 11) is 2.98. The van der Waals surface area contributed by atoms with Gasteiger partial charge in [-0.25, -0.2) is 4.79 Å². The van der Waals surface area contributed by atoms with Crippen LogP contribution >= 0.6 is 0 Å². The molecule has 2 aromatic carbocycles. The first-order chi connectivity index (χ1) is 15.9. The number of aromatic nitrogens is 2. The zero-order valence-corrected chi connectivity index (χ0v) is 18.7. The smallest absolute Gasteiger partial charge is 0.289 e. The fraction of sp³-hybridized carbons (Fsp3) is 0.231. The van der Waals surface area contributed by atoms with Crippen LogP contribution in [0, 0.1) is 0 Å². The summed E-state index contributed by atoms with van der Waals surface area (Å²) in [6, 6.07) is 16.5. The fourth-order valence-electron chi connectivity index (χ4n) is 4.97. The lowest BCUT2D eigenvalue weighted by atomic mass is 9.81. The summed E-state index contributed by atoms with van der Waals surface area (Å²) in [4.78, 5) is 55.1.